The maximum atomic E-state index is 13.1. The van der Waals surface area contributed by atoms with Gasteiger partial charge < -0.3 is 10.6 Å². The summed E-state index contributed by atoms with van der Waals surface area (Å²) < 4.78 is 2.15. The first-order valence-corrected chi connectivity index (χ1v) is 11.6. The molecule has 1 heterocycles. The molecule has 3 N–H and O–H groups in total. The third kappa shape index (κ3) is 4.97. The number of halogens is 2. The monoisotopic (exact) mass is 516 g/mol. The van der Waals surface area contributed by atoms with Crippen LogP contribution in [0.2, 0.25) is 5.02 Å². The first kappa shape index (κ1) is 22.4. The van der Waals surface area contributed by atoms with Crippen LogP contribution in [0.1, 0.15) is 42.6 Å². The highest BCUT2D eigenvalue weighted by molar-refractivity contribution is 9.10. The zero-order chi connectivity index (χ0) is 22.7. The highest BCUT2D eigenvalue weighted by Gasteiger charge is 2.24. The van der Waals surface area contributed by atoms with E-state index in [0.717, 1.165) is 42.0 Å². The highest BCUT2D eigenvalue weighted by atomic mass is 79.9. The Bertz CT molecular complexity index is 1190. The molecule has 1 aromatic heterocycles. The van der Waals surface area contributed by atoms with Gasteiger partial charge in [0.1, 0.15) is 5.69 Å². The van der Waals surface area contributed by atoms with Crippen LogP contribution in [0.4, 0.5) is 5.69 Å². The summed E-state index contributed by atoms with van der Waals surface area (Å²) in [5, 5.41) is 6.66. The third-order valence-corrected chi connectivity index (χ3v) is 6.30. The minimum absolute atomic E-state index is 0.00218. The standard InChI is InChI=1S/C23H22BrClN4O3/c24-15-10-11-19-14(12-15)13-20(21(30)27-18-9-5-4-8-17(18)25)29(19)28-23(32)22(31)26-16-6-2-1-3-7-16/h4-5,8-13,16H,1-3,6-7H2,(H,26,31)(H,27,30)(H,28,32). The molecule has 4 rings (SSSR count). The SMILES string of the molecule is O=C(NC1CCCCC1)C(=O)Nn1c(C(=O)Nc2ccccc2Cl)cc2cc(Br)ccc21. The molecule has 3 amide bonds. The molecule has 166 valence electrons. The third-order valence-electron chi connectivity index (χ3n) is 5.48. The average molecular weight is 518 g/mol. The lowest BCUT2D eigenvalue weighted by atomic mass is 9.95. The van der Waals surface area contributed by atoms with Gasteiger partial charge in [0.25, 0.3) is 5.91 Å². The van der Waals surface area contributed by atoms with Crippen molar-refractivity contribution in [3.63, 3.8) is 0 Å². The van der Waals surface area contributed by atoms with Crippen LogP contribution in [0.25, 0.3) is 10.9 Å². The second kappa shape index (κ2) is 9.75. The number of hydrogen-bond donors (Lipinski definition) is 3. The average Bonchev–Trinajstić information content (AvgIpc) is 3.13. The number of rotatable bonds is 4. The maximum absolute atomic E-state index is 13.1. The van der Waals surface area contributed by atoms with Gasteiger partial charge in [0.15, 0.2) is 0 Å². The number of aromatic nitrogens is 1. The summed E-state index contributed by atoms with van der Waals surface area (Å²) in [7, 11) is 0. The van der Waals surface area contributed by atoms with E-state index >= 15 is 0 Å². The number of fused-ring (bicyclic) bond motifs is 1. The van der Waals surface area contributed by atoms with E-state index in [1.54, 1.807) is 42.5 Å². The number of para-hydroxylation sites is 1. The van der Waals surface area contributed by atoms with Gasteiger partial charge in [-0.05, 0) is 49.2 Å². The lowest BCUT2D eigenvalue weighted by Crippen LogP contribution is -2.44. The Hall–Kier alpha value is -2.84. The van der Waals surface area contributed by atoms with Crippen LogP contribution >= 0.6 is 27.5 Å². The lowest BCUT2D eigenvalue weighted by Gasteiger charge is -2.22. The van der Waals surface area contributed by atoms with Crippen LogP contribution in [0.3, 0.4) is 0 Å². The molecule has 3 aromatic rings. The first-order valence-electron chi connectivity index (χ1n) is 10.4. The summed E-state index contributed by atoms with van der Waals surface area (Å²) in [6, 6.07) is 13.9. The lowest BCUT2D eigenvalue weighted by molar-refractivity contribution is -0.137. The van der Waals surface area contributed by atoms with Crippen molar-refractivity contribution in [3.8, 4) is 0 Å². The number of hydrogen-bond acceptors (Lipinski definition) is 3. The summed E-state index contributed by atoms with van der Waals surface area (Å²) in [5.41, 5.74) is 3.77. The molecule has 2 aromatic carbocycles. The summed E-state index contributed by atoms with van der Waals surface area (Å²) in [5.74, 6) is -2.02. The molecule has 0 unspecified atom stereocenters. The van der Waals surface area contributed by atoms with E-state index in [0.29, 0.717) is 16.2 Å². The molecule has 1 fully saturated rings. The van der Waals surface area contributed by atoms with Crippen molar-refractivity contribution in [3.05, 3.63) is 63.7 Å². The van der Waals surface area contributed by atoms with Gasteiger partial charge in [-0.15, -0.1) is 0 Å². The van der Waals surface area contributed by atoms with Crippen LogP contribution in [0, 0.1) is 0 Å². The Kier molecular flexibility index (Phi) is 6.81. The van der Waals surface area contributed by atoms with Gasteiger partial charge in [-0.25, -0.2) is 4.68 Å². The fourth-order valence-corrected chi connectivity index (χ4v) is 4.43. The fourth-order valence-electron chi connectivity index (χ4n) is 3.87. The molecule has 1 aliphatic rings. The second-order valence-corrected chi connectivity index (χ2v) is 9.07. The fraction of sp³-hybridized carbons (Fsp3) is 0.261. The van der Waals surface area contributed by atoms with Gasteiger partial charge in [-0.3, -0.25) is 19.8 Å². The number of anilines is 1. The largest absolute Gasteiger partial charge is 0.345 e. The molecule has 0 radical (unpaired) electrons. The number of carbonyl (C=O) groups excluding carboxylic acids is 3. The normalized spacial score (nSPS) is 14.2. The van der Waals surface area contributed by atoms with Crippen LogP contribution in [-0.4, -0.2) is 28.4 Å². The Labute approximate surface area is 198 Å². The molecular formula is C23H22BrClN4O3. The smallest absolute Gasteiger partial charge is 0.328 e. The molecule has 32 heavy (non-hydrogen) atoms. The predicted molar refractivity (Wildman–Crippen MR) is 128 cm³/mol. The molecule has 9 heteroatoms. The quantitative estimate of drug-likeness (QED) is 0.433. The number of amides is 3. The van der Waals surface area contributed by atoms with Gasteiger partial charge in [0.05, 0.1) is 16.2 Å². The van der Waals surface area contributed by atoms with E-state index in [9.17, 15) is 14.4 Å². The van der Waals surface area contributed by atoms with E-state index in [1.165, 1.54) is 4.68 Å². The van der Waals surface area contributed by atoms with E-state index in [-0.39, 0.29) is 11.7 Å². The van der Waals surface area contributed by atoms with Crippen molar-refractivity contribution in [1.29, 1.82) is 0 Å². The van der Waals surface area contributed by atoms with Gasteiger partial charge in [-0.1, -0.05) is 58.9 Å². The van der Waals surface area contributed by atoms with Crippen molar-refractivity contribution in [2.24, 2.45) is 0 Å². The Morgan fingerprint density at radius 1 is 0.969 bits per heavy atom. The predicted octanol–water partition coefficient (Wildman–Crippen LogP) is 4.83. The van der Waals surface area contributed by atoms with Gasteiger partial charge in [-0.2, -0.15) is 0 Å². The molecule has 0 bridgehead atoms. The summed E-state index contributed by atoms with van der Waals surface area (Å²) >= 11 is 9.58. The number of carbonyl (C=O) groups is 3. The summed E-state index contributed by atoms with van der Waals surface area (Å²) in [4.78, 5) is 38.2. The van der Waals surface area contributed by atoms with Gasteiger partial charge in [0.2, 0.25) is 0 Å². The Morgan fingerprint density at radius 3 is 2.47 bits per heavy atom. The summed E-state index contributed by atoms with van der Waals surface area (Å²) in [6.07, 6.45) is 4.95. The van der Waals surface area contributed by atoms with Gasteiger partial charge in [0, 0.05) is 15.9 Å². The molecule has 1 aliphatic carbocycles. The summed E-state index contributed by atoms with van der Waals surface area (Å²) in [6.45, 7) is 0. The Balaban J connectivity index is 1.60. The number of nitrogens with zero attached hydrogens (tertiary/aromatic N) is 1. The van der Waals surface area contributed by atoms with E-state index < -0.39 is 17.7 Å². The highest BCUT2D eigenvalue weighted by Crippen LogP contribution is 2.25. The molecule has 0 aliphatic heterocycles. The molecule has 0 saturated heterocycles. The zero-order valence-corrected chi connectivity index (χ0v) is 19.5. The van der Waals surface area contributed by atoms with Crippen molar-refractivity contribution in [2.45, 2.75) is 38.1 Å². The number of benzene rings is 2. The minimum Gasteiger partial charge on any atom is -0.345 e. The second-order valence-electron chi connectivity index (χ2n) is 7.75. The van der Waals surface area contributed by atoms with E-state index in [1.807, 2.05) is 6.07 Å². The van der Waals surface area contributed by atoms with Crippen molar-refractivity contribution in [1.82, 2.24) is 9.99 Å². The number of nitrogens with one attached hydrogen (secondary N) is 3. The van der Waals surface area contributed by atoms with E-state index in [2.05, 4.69) is 32.0 Å². The topological polar surface area (TPSA) is 92.2 Å². The minimum atomic E-state index is -0.831. The van der Waals surface area contributed by atoms with Crippen LogP contribution in [0.15, 0.2) is 53.0 Å². The Morgan fingerprint density at radius 2 is 1.72 bits per heavy atom. The molecule has 0 atom stereocenters. The van der Waals surface area contributed by atoms with Crippen LogP contribution in [-0.2, 0) is 9.59 Å². The molecule has 7 nitrogen and oxygen atoms in total. The molecule has 0 spiro atoms. The van der Waals surface area contributed by atoms with Crippen molar-refractivity contribution < 1.29 is 14.4 Å². The van der Waals surface area contributed by atoms with Crippen molar-refractivity contribution >= 4 is 61.8 Å². The maximum Gasteiger partial charge on any atom is 0.328 e. The molecular weight excluding hydrogens is 496 g/mol. The van der Waals surface area contributed by atoms with E-state index in [4.69, 9.17) is 11.6 Å². The molecule has 1 saturated carbocycles. The van der Waals surface area contributed by atoms with Crippen molar-refractivity contribution in [2.75, 3.05) is 10.7 Å². The first-order chi connectivity index (χ1) is 15.4. The van der Waals surface area contributed by atoms with Crippen LogP contribution in [0.5, 0.6) is 0 Å². The zero-order valence-electron chi connectivity index (χ0n) is 17.2. The van der Waals surface area contributed by atoms with Crippen LogP contribution < -0.4 is 16.1 Å². The van der Waals surface area contributed by atoms with Gasteiger partial charge >= 0.3 is 11.8 Å².